The molecule has 2 aromatic carbocycles. The molecule has 0 fully saturated rings. The number of rotatable bonds is 4. The largest absolute Gasteiger partial charge is 0.382 e. The normalized spacial score (nSPS) is 10.8. The predicted octanol–water partition coefficient (Wildman–Crippen LogP) is 3.06. The van der Waals surface area contributed by atoms with Gasteiger partial charge in [-0.3, -0.25) is 4.79 Å². The van der Waals surface area contributed by atoms with Gasteiger partial charge in [0.15, 0.2) is 23.1 Å². The van der Waals surface area contributed by atoms with Gasteiger partial charge in [-0.2, -0.15) is 0 Å². The Bertz CT molecular complexity index is 984. The number of carbonyl (C=O) groups is 1. The van der Waals surface area contributed by atoms with E-state index in [4.69, 9.17) is 5.73 Å². The summed E-state index contributed by atoms with van der Waals surface area (Å²) in [4.78, 5) is 12.3. The van der Waals surface area contributed by atoms with Crippen LogP contribution in [0, 0.1) is 25.5 Å². The van der Waals surface area contributed by atoms with E-state index in [1.54, 1.807) is 0 Å². The van der Waals surface area contributed by atoms with Crippen LogP contribution < -0.4 is 11.1 Å². The van der Waals surface area contributed by atoms with Crippen molar-refractivity contribution in [2.45, 2.75) is 20.4 Å². The molecule has 1 heterocycles. The number of amides is 1. The van der Waals surface area contributed by atoms with E-state index in [0.29, 0.717) is 6.54 Å². The van der Waals surface area contributed by atoms with Crippen molar-refractivity contribution in [3.05, 3.63) is 70.4 Å². The highest BCUT2D eigenvalue weighted by atomic mass is 19.2. The predicted molar refractivity (Wildman–Crippen MR) is 93.8 cm³/mol. The standard InChI is InChI=1S/C18H17F2N5O/c1-10-3-4-11(2)12(7-10)9-25-17(21)16(23-24-25)18(26)22-13-5-6-14(19)15(20)8-13/h3-8H,9,21H2,1-2H3,(H,22,26). The Morgan fingerprint density at radius 3 is 2.65 bits per heavy atom. The van der Waals surface area contributed by atoms with Gasteiger partial charge in [0.2, 0.25) is 0 Å². The van der Waals surface area contributed by atoms with Crippen molar-refractivity contribution in [3.8, 4) is 0 Å². The Kier molecular flexibility index (Phi) is 4.66. The number of aryl methyl sites for hydroxylation is 2. The first-order chi connectivity index (χ1) is 12.3. The minimum atomic E-state index is -1.06. The molecule has 1 amide bonds. The van der Waals surface area contributed by atoms with E-state index in [2.05, 4.69) is 15.6 Å². The van der Waals surface area contributed by atoms with Crippen LogP contribution in [0.1, 0.15) is 27.2 Å². The van der Waals surface area contributed by atoms with Crippen molar-refractivity contribution in [1.29, 1.82) is 0 Å². The molecule has 1 aromatic heterocycles. The van der Waals surface area contributed by atoms with Crippen LogP contribution in [0.2, 0.25) is 0 Å². The van der Waals surface area contributed by atoms with Crippen molar-refractivity contribution in [3.63, 3.8) is 0 Å². The van der Waals surface area contributed by atoms with E-state index in [-0.39, 0.29) is 17.2 Å². The first-order valence-corrected chi connectivity index (χ1v) is 7.86. The van der Waals surface area contributed by atoms with E-state index in [0.717, 1.165) is 28.8 Å². The highest BCUT2D eigenvalue weighted by molar-refractivity contribution is 6.05. The van der Waals surface area contributed by atoms with Gasteiger partial charge in [-0.15, -0.1) is 5.10 Å². The summed E-state index contributed by atoms with van der Waals surface area (Å²) >= 11 is 0. The van der Waals surface area contributed by atoms with Crippen LogP contribution in [0.25, 0.3) is 0 Å². The minimum absolute atomic E-state index is 0.0833. The number of nitrogens with two attached hydrogens (primary N) is 1. The number of hydrogen-bond donors (Lipinski definition) is 2. The third kappa shape index (κ3) is 3.53. The molecule has 0 atom stereocenters. The van der Waals surface area contributed by atoms with E-state index in [1.807, 2.05) is 32.0 Å². The highest BCUT2D eigenvalue weighted by Crippen LogP contribution is 2.18. The van der Waals surface area contributed by atoms with Gasteiger partial charge in [0, 0.05) is 11.8 Å². The fourth-order valence-electron chi connectivity index (χ4n) is 2.50. The second kappa shape index (κ2) is 6.91. The summed E-state index contributed by atoms with van der Waals surface area (Å²) in [6.07, 6.45) is 0. The molecule has 8 heteroatoms. The summed E-state index contributed by atoms with van der Waals surface area (Å²) in [5.74, 6) is -2.62. The lowest BCUT2D eigenvalue weighted by Crippen LogP contribution is -2.15. The number of nitrogen functional groups attached to an aromatic ring is 1. The molecule has 0 radical (unpaired) electrons. The van der Waals surface area contributed by atoms with Crippen LogP contribution >= 0.6 is 0 Å². The van der Waals surface area contributed by atoms with E-state index < -0.39 is 17.5 Å². The maximum Gasteiger partial charge on any atom is 0.280 e. The van der Waals surface area contributed by atoms with Gasteiger partial charge in [-0.1, -0.05) is 29.0 Å². The molecular formula is C18H17F2N5O. The fourth-order valence-corrected chi connectivity index (χ4v) is 2.50. The molecule has 0 spiro atoms. The van der Waals surface area contributed by atoms with Crippen LogP contribution in [0.5, 0.6) is 0 Å². The van der Waals surface area contributed by atoms with Crippen LogP contribution in [0.4, 0.5) is 20.3 Å². The third-order valence-electron chi connectivity index (χ3n) is 3.99. The molecule has 0 bridgehead atoms. The number of nitrogens with zero attached hydrogens (tertiary/aromatic N) is 3. The number of benzene rings is 2. The second-order valence-corrected chi connectivity index (χ2v) is 5.99. The molecule has 0 aliphatic carbocycles. The average Bonchev–Trinajstić information content (AvgIpc) is 2.95. The molecule has 0 aliphatic rings. The van der Waals surface area contributed by atoms with Crippen molar-refractivity contribution in [2.75, 3.05) is 11.1 Å². The summed E-state index contributed by atoms with van der Waals surface area (Å²) in [6, 6.07) is 9.05. The lowest BCUT2D eigenvalue weighted by atomic mass is 10.1. The monoisotopic (exact) mass is 357 g/mol. The second-order valence-electron chi connectivity index (χ2n) is 5.99. The van der Waals surface area contributed by atoms with Gasteiger partial charge in [0.1, 0.15) is 0 Å². The van der Waals surface area contributed by atoms with E-state index in [1.165, 1.54) is 10.7 Å². The van der Waals surface area contributed by atoms with E-state index >= 15 is 0 Å². The zero-order valence-electron chi connectivity index (χ0n) is 14.3. The first kappa shape index (κ1) is 17.5. The highest BCUT2D eigenvalue weighted by Gasteiger charge is 2.18. The summed E-state index contributed by atoms with van der Waals surface area (Å²) in [5, 5.41) is 10.2. The topological polar surface area (TPSA) is 85.8 Å². The first-order valence-electron chi connectivity index (χ1n) is 7.86. The zero-order valence-corrected chi connectivity index (χ0v) is 14.3. The fraction of sp³-hybridized carbons (Fsp3) is 0.167. The van der Waals surface area contributed by atoms with Crippen molar-refractivity contribution in [1.82, 2.24) is 15.0 Å². The summed E-state index contributed by atoms with van der Waals surface area (Å²) in [7, 11) is 0. The number of carbonyl (C=O) groups excluding carboxylic acids is 1. The summed E-state index contributed by atoms with van der Waals surface area (Å²) in [6.45, 7) is 4.32. The number of hydrogen-bond acceptors (Lipinski definition) is 4. The van der Waals surface area contributed by atoms with Crippen molar-refractivity contribution in [2.24, 2.45) is 0 Å². The number of halogens is 2. The summed E-state index contributed by atoms with van der Waals surface area (Å²) < 4.78 is 27.6. The molecular weight excluding hydrogens is 340 g/mol. The van der Waals surface area contributed by atoms with E-state index in [9.17, 15) is 13.6 Å². The van der Waals surface area contributed by atoms with Gasteiger partial charge in [0.05, 0.1) is 6.54 Å². The molecule has 0 saturated carbocycles. The van der Waals surface area contributed by atoms with Crippen molar-refractivity contribution >= 4 is 17.4 Å². The molecule has 3 N–H and O–H groups in total. The average molecular weight is 357 g/mol. The molecule has 3 rings (SSSR count). The molecule has 3 aromatic rings. The number of anilines is 2. The zero-order chi connectivity index (χ0) is 18.8. The smallest absolute Gasteiger partial charge is 0.280 e. The van der Waals surface area contributed by atoms with Gasteiger partial charge in [-0.25, -0.2) is 13.5 Å². The Morgan fingerprint density at radius 1 is 1.15 bits per heavy atom. The SMILES string of the molecule is Cc1ccc(C)c(Cn2nnc(C(=O)Nc3ccc(F)c(F)c3)c2N)c1. The van der Waals surface area contributed by atoms with Crippen molar-refractivity contribution < 1.29 is 13.6 Å². The Balaban J connectivity index is 1.80. The number of aromatic nitrogens is 3. The molecule has 0 unspecified atom stereocenters. The molecule has 134 valence electrons. The van der Waals surface area contributed by atoms with Crippen LogP contribution in [-0.4, -0.2) is 20.9 Å². The quantitative estimate of drug-likeness (QED) is 0.751. The van der Waals surface area contributed by atoms with Crippen LogP contribution in [0.3, 0.4) is 0 Å². The Morgan fingerprint density at radius 2 is 1.92 bits per heavy atom. The van der Waals surface area contributed by atoms with Crippen LogP contribution in [-0.2, 0) is 6.54 Å². The lowest BCUT2D eigenvalue weighted by Gasteiger charge is -2.08. The number of nitrogens with one attached hydrogen (secondary N) is 1. The Hall–Kier alpha value is -3.29. The van der Waals surface area contributed by atoms with Gasteiger partial charge in [0.25, 0.3) is 5.91 Å². The Labute approximate surface area is 148 Å². The third-order valence-corrected chi connectivity index (χ3v) is 3.99. The molecule has 26 heavy (non-hydrogen) atoms. The van der Waals surface area contributed by atoms with Gasteiger partial charge < -0.3 is 11.1 Å². The maximum absolute atomic E-state index is 13.2. The van der Waals surface area contributed by atoms with Gasteiger partial charge in [-0.05, 0) is 37.1 Å². The van der Waals surface area contributed by atoms with Crippen LogP contribution in [0.15, 0.2) is 36.4 Å². The molecule has 0 aliphatic heterocycles. The lowest BCUT2D eigenvalue weighted by molar-refractivity contribution is 0.102. The maximum atomic E-state index is 13.2. The minimum Gasteiger partial charge on any atom is -0.382 e. The molecule has 6 nitrogen and oxygen atoms in total. The van der Waals surface area contributed by atoms with Gasteiger partial charge >= 0.3 is 0 Å². The summed E-state index contributed by atoms with van der Waals surface area (Å²) in [5.41, 5.74) is 9.18. The molecule has 0 saturated heterocycles.